The van der Waals surface area contributed by atoms with Crippen LogP contribution in [0.1, 0.15) is 11.8 Å². The highest BCUT2D eigenvalue weighted by molar-refractivity contribution is 5.72. The van der Waals surface area contributed by atoms with Crippen LogP contribution in [0.3, 0.4) is 0 Å². The number of nitrogens with two attached hydrogens (primary N) is 2. The van der Waals surface area contributed by atoms with E-state index in [1.165, 1.54) is 0 Å². The van der Waals surface area contributed by atoms with Gasteiger partial charge >= 0.3 is 5.69 Å². The van der Waals surface area contributed by atoms with Gasteiger partial charge in [-0.05, 0) is 5.56 Å². The molecule has 1 aromatic carbocycles. The molecule has 0 amide bonds. The van der Waals surface area contributed by atoms with Crippen LogP contribution in [-0.2, 0) is 11.3 Å². The monoisotopic (exact) mass is 430 g/mol. The van der Waals surface area contributed by atoms with Crippen LogP contribution in [-0.4, -0.2) is 59.0 Å². The molecule has 0 aliphatic carbocycles. The van der Waals surface area contributed by atoms with Crippen LogP contribution < -0.4 is 22.8 Å². The first-order chi connectivity index (χ1) is 14.8. The summed E-state index contributed by atoms with van der Waals surface area (Å²) in [6.07, 6.45) is -2.04. The smallest absolute Gasteiger partial charge is 0.333 e. The molecule has 3 heterocycles. The average molecular weight is 430 g/mol. The number of aromatic nitrogens is 4. The lowest BCUT2D eigenvalue weighted by molar-refractivity contribution is -0.0527. The number of ether oxygens (including phenoxy) is 1. The zero-order chi connectivity index (χ0) is 22.3. The van der Waals surface area contributed by atoms with E-state index >= 15 is 0 Å². The summed E-state index contributed by atoms with van der Waals surface area (Å²) in [5, 5.41) is 29.8. The van der Waals surface area contributed by atoms with E-state index in [0.29, 0.717) is 4.68 Å². The molecule has 1 fully saturated rings. The lowest BCUT2D eigenvalue weighted by atomic mass is 10.1. The lowest BCUT2D eigenvalue weighted by Gasteiger charge is -2.15. The van der Waals surface area contributed by atoms with Gasteiger partial charge in [0.2, 0.25) is 5.95 Å². The highest BCUT2D eigenvalue weighted by Crippen LogP contribution is 2.30. The van der Waals surface area contributed by atoms with Crippen LogP contribution in [0.15, 0.2) is 46.0 Å². The van der Waals surface area contributed by atoms with Crippen molar-refractivity contribution in [3.63, 3.8) is 0 Å². The highest BCUT2D eigenvalue weighted by atomic mass is 16.6. The lowest BCUT2D eigenvalue weighted by Crippen LogP contribution is -2.36. The van der Waals surface area contributed by atoms with Crippen molar-refractivity contribution in [1.82, 2.24) is 18.8 Å². The Morgan fingerprint density at radius 3 is 2.52 bits per heavy atom. The molecule has 1 aliphatic heterocycles. The van der Waals surface area contributed by atoms with E-state index in [9.17, 15) is 24.9 Å². The number of aliphatic hydroxyl groups excluding tert-OH is 3. The molecule has 7 N–H and O–H groups in total. The Hall–Kier alpha value is -3.45. The third-order valence-electron chi connectivity index (χ3n) is 5.21. The van der Waals surface area contributed by atoms with Crippen LogP contribution in [0, 0.1) is 0 Å². The molecule has 3 aromatic rings. The summed E-state index contributed by atoms with van der Waals surface area (Å²) in [5.74, 6) is 5.31. The van der Waals surface area contributed by atoms with Gasteiger partial charge in [0.1, 0.15) is 18.3 Å². The number of imidazole rings is 1. The first-order valence-electron chi connectivity index (χ1n) is 9.47. The van der Waals surface area contributed by atoms with E-state index in [2.05, 4.69) is 4.98 Å². The number of rotatable bonds is 5. The summed E-state index contributed by atoms with van der Waals surface area (Å²) in [5.41, 5.74) is 4.80. The standard InChI is InChI=1S/C19H22N6O6/c20-18-22-15-12(16(29)25(18)21)23(8-4-7-10-5-2-1-3-6-10)19(30)24(15)17-14(28)13(27)11(9-26)31-17/h1-7,11,13-14,17,26-28H,8-9,21H2,(H2,20,22)/b7-4+/t11-,13-,14-,17-/m1/s1. The molecular weight excluding hydrogens is 408 g/mol. The minimum Gasteiger partial charge on any atom is -0.394 e. The summed E-state index contributed by atoms with van der Waals surface area (Å²) in [7, 11) is 0. The van der Waals surface area contributed by atoms with Crippen molar-refractivity contribution < 1.29 is 20.1 Å². The zero-order valence-corrected chi connectivity index (χ0v) is 16.3. The number of allylic oxidation sites excluding steroid dienone is 1. The van der Waals surface area contributed by atoms with E-state index in [-0.39, 0.29) is 23.7 Å². The molecular formula is C19H22N6O6. The van der Waals surface area contributed by atoms with Crippen molar-refractivity contribution in [2.75, 3.05) is 18.2 Å². The van der Waals surface area contributed by atoms with Gasteiger partial charge in [0.05, 0.1) is 6.61 Å². The van der Waals surface area contributed by atoms with Crippen molar-refractivity contribution in [2.24, 2.45) is 0 Å². The molecule has 12 nitrogen and oxygen atoms in total. The number of nitrogens with zero attached hydrogens (tertiary/aromatic N) is 4. The quantitative estimate of drug-likeness (QED) is 0.285. The van der Waals surface area contributed by atoms with Gasteiger partial charge in [-0.1, -0.05) is 42.5 Å². The fraction of sp³-hybridized carbons (Fsp3) is 0.316. The average Bonchev–Trinajstić information content (AvgIpc) is 3.20. The van der Waals surface area contributed by atoms with Gasteiger partial charge in [-0.3, -0.25) is 9.36 Å². The summed E-state index contributed by atoms with van der Waals surface area (Å²) < 4.78 is 8.14. The predicted molar refractivity (Wildman–Crippen MR) is 111 cm³/mol. The van der Waals surface area contributed by atoms with Gasteiger partial charge in [0, 0.05) is 6.54 Å². The summed E-state index contributed by atoms with van der Waals surface area (Å²) in [4.78, 5) is 30.0. The van der Waals surface area contributed by atoms with Gasteiger partial charge in [0.15, 0.2) is 17.4 Å². The molecule has 31 heavy (non-hydrogen) atoms. The molecule has 0 unspecified atom stereocenters. The molecule has 4 atom stereocenters. The molecule has 1 aliphatic rings. The SMILES string of the molecule is Nc1nc2c(c(=O)n1N)n(C/C=C/c1ccccc1)c(=O)n2[C@@H]1O[C@H](CO)[C@@H](O)[C@H]1O. The third kappa shape index (κ3) is 3.41. The number of anilines is 1. The molecule has 1 saturated heterocycles. The second-order valence-electron chi connectivity index (χ2n) is 7.12. The highest BCUT2D eigenvalue weighted by Gasteiger charge is 2.45. The van der Waals surface area contributed by atoms with Crippen LogP contribution in [0.25, 0.3) is 17.2 Å². The van der Waals surface area contributed by atoms with Crippen molar-refractivity contribution in [3.05, 3.63) is 62.8 Å². The largest absolute Gasteiger partial charge is 0.394 e. The van der Waals surface area contributed by atoms with E-state index in [0.717, 1.165) is 14.7 Å². The zero-order valence-electron chi connectivity index (χ0n) is 16.3. The van der Waals surface area contributed by atoms with E-state index in [1.807, 2.05) is 30.3 Å². The summed E-state index contributed by atoms with van der Waals surface area (Å²) >= 11 is 0. The Morgan fingerprint density at radius 2 is 1.87 bits per heavy atom. The second-order valence-corrected chi connectivity index (χ2v) is 7.12. The van der Waals surface area contributed by atoms with Gasteiger partial charge in [-0.2, -0.15) is 9.66 Å². The summed E-state index contributed by atoms with van der Waals surface area (Å²) in [6.45, 7) is -0.583. The number of nitrogen functional groups attached to an aromatic ring is 2. The van der Waals surface area contributed by atoms with Gasteiger partial charge in [-0.15, -0.1) is 0 Å². The van der Waals surface area contributed by atoms with Gasteiger partial charge in [-0.25, -0.2) is 9.36 Å². The molecule has 4 rings (SSSR count). The summed E-state index contributed by atoms with van der Waals surface area (Å²) in [6, 6.07) is 9.34. The van der Waals surface area contributed by atoms with Crippen molar-refractivity contribution >= 4 is 23.2 Å². The molecule has 0 saturated carbocycles. The van der Waals surface area contributed by atoms with E-state index in [4.69, 9.17) is 16.3 Å². The molecule has 2 aromatic heterocycles. The Balaban J connectivity index is 1.86. The fourth-order valence-electron chi connectivity index (χ4n) is 3.60. The van der Waals surface area contributed by atoms with Crippen LogP contribution in [0.4, 0.5) is 5.95 Å². The Kier molecular flexibility index (Phi) is 5.37. The maximum absolute atomic E-state index is 13.2. The topological polar surface area (TPSA) is 184 Å². The number of benzene rings is 1. The number of hydrogen-bond donors (Lipinski definition) is 5. The molecule has 0 spiro atoms. The van der Waals surface area contributed by atoms with Crippen molar-refractivity contribution in [1.29, 1.82) is 0 Å². The van der Waals surface area contributed by atoms with Crippen LogP contribution >= 0.6 is 0 Å². The number of hydrogen-bond acceptors (Lipinski definition) is 9. The molecule has 0 bridgehead atoms. The third-order valence-corrected chi connectivity index (χ3v) is 5.21. The minimum absolute atomic E-state index is 0.00708. The van der Waals surface area contributed by atoms with Crippen molar-refractivity contribution in [3.8, 4) is 0 Å². The molecule has 12 heteroatoms. The van der Waals surface area contributed by atoms with E-state index < -0.39 is 42.4 Å². The first kappa shape index (κ1) is 20.8. The predicted octanol–water partition coefficient (Wildman–Crippen LogP) is -2.02. The minimum atomic E-state index is -1.54. The van der Waals surface area contributed by atoms with Crippen molar-refractivity contribution in [2.45, 2.75) is 31.1 Å². The normalized spacial score (nSPS) is 23.8. The molecule has 164 valence electrons. The number of aliphatic hydroxyl groups is 3. The Bertz CT molecular complexity index is 1250. The van der Waals surface area contributed by atoms with Gasteiger partial charge in [0.25, 0.3) is 5.56 Å². The fourth-order valence-corrected chi connectivity index (χ4v) is 3.60. The Morgan fingerprint density at radius 1 is 1.16 bits per heavy atom. The maximum atomic E-state index is 13.2. The van der Waals surface area contributed by atoms with Gasteiger partial charge < -0.3 is 31.6 Å². The Labute approximate surface area is 174 Å². The van der Waals surface area contributed by atoms with E-state index in [1.54, 1.807) is 12.2 Å². The molecule has 0 radical (unpaired) electrons. The second kappa shape index (κ2) is 8.00. The van der Waals surface area contributed by atoms with Crippen LogP contribution in [0.5, 0.6) is 0 Å². The number of fused-ring (bicyclic) bond motifs is 1. The first-order valence-corrected chi connectivity index (χ1v) is 9.47. The van der Waals surface area contributed by atoms with Crippen LogP contribution in [0.2, 0.25) is 0 Å². The maximum Gasteiger partial charge on any atom is 0.333 e.